The monoisotopic (exact) mass is 251 g/mol. The summed E-state index contributed by atoms with van der Waals surface area (Å²) >= 11 is 0. The van der Waals surface area contributed by atoms with E-state index in [0.717, 1.165) is 18.4 Å². The molecular weight excluding hydrogens is 233 g/mol. The van der Waals surface area contributed by atoms with Gasteiger partial charge in [-0.3, -0.25) is 4.79 Å². The molecule has 1 saturated heterocycles. The van der Waals surface area contributed by atoms with Crippen LogP contribution in [0.5, 0.6) is 0 Å². The second kappa shape index (κ2) is 5.48. The van der Waals surface area contributed by atoms with Gasteiger partial charge in [0.25, 0.3) is 0 Å². The number of amides is 1. The number of nitrogens with one attached hydrogen (secondary N) is 1. The molecule has 4 heteroatoms. The van der Waals surface area contributed by atoms with Crippen LogP contribution in [-0.2, 0) is 14.9 Å². The largest absolute Gasteiger partial charge is 0.381 e. The standard InChI is InChI=1S/C14H18FNO2/c1-11(17)16-10-14(6-8-18-9-7-14)12-2-4-13(15)5-3-12/h2-5H,6-10H2,1H3,(H,16,17). The third-order valence-electron chi connectivity index (χ3n) is 3.58. The molecule has 2 rings (SSSR count). The lowest BCUT2D eigenvalue weighted by Gasteiger charge is -2.37. The normalized spacial score (nSPS) is 18.3. The van der Waals surface area contributed by atoms with Gasteiger partial charge in [-0.15, -0.1) is 0 Å². The van der Waals surface area contributed by atoms with Gasteiger partial charge in [-0.1, -0.05) is 12.1 Å². The van der Waals surface area contributed by atoms with Crippen molar-refractivity contribution in [2.75, 3.05) is 19.8 Å². The molecule has 0 unspecified atom stereocenters. The Bertz CT molecular complexity index is 410. The predicted molar refractivity (Wildman–Crippen MR) is 66.8 cm³/mol. The van der Waals surface area contributed by atoms with E-state index in [1.54, 1.807) is 0 Å². The minimum atomic E-state index is -0.236. The zero-order valence-electron chi connectivity index (χ0n) is 10.5. The summed E-state index contributed by atoms with van der Waals surface area (Å²) in [6.45, 7) is 3.45. The first-order chi connectivity index (χ1) is 8.62. The van der Waals surface area contributed by atoms with E-state index in [9.17, 15) is 9.18 Å². The summed E-state index contributed by atoms with van der Waals surface area (Å²) in [5.41, 5.74) is 0.943. The molecule has 1 aliphatic rings. The van der Waals surface area contributed by atoms with Crippen molar-refractivity contribution in [1.29, 1.82) is 0 Å². The quantitative estimate of drug-likeness (QED) is 0.892. The van der Waals surface area contributed by atoms with E-state index >= 15 is 0 Å². The smallest absolute Gasteiger partial charge is 0.216 e. The van der Waals surface area contributed by atoms with Crippen molar-refractivity contribution in [2.24, 2.45) is 0 Å². The fourth-order valence-electron chi connectivity index (χ4n) is 2.43. The molecule has 0 spiro atoms. The Morgan fingerprint density at radius 1 is 1.33 bits per heavy atom. The Hall–Kier alpha value is -1.42. The molecule has 18 heavy (non-hydrogen) atoms. The first-order valence-electron chi connectivity index (χ1n) is 6.21. The maximum Gasteiger partial charge on any atom is 0.216 e. The van der Waals surface area contributed by atoms with E-state index in [1.165, 1.54) is 19.1 Å². The Morgan fingerprint density at radius 3 is 2.50 bits per heavy atom. The lowest BCUT2D eigenvalue weighted by molar-refractivity contribution is -0.119. The van der Waals surface area contributed by atoms with E-state index in [0.29, 0.717) is 19.8 Å². The van der Waals surface area contributed by atoms with Crippen molar-refractivity contribution >= 4 is 5.91 Å². The number of hydrogen-bond donors (Lipinski definition) is 1. The molecule has 1 aromatic rings. The third-order valence-corrected chi connectivity index (χ3v) is 3.58. The van der Waals surface area contributed by atoms with Crippen LogP contribution >= 0.6 is 0 Å². The number of halogens is 1. The molecule has 1 aliphatic heterocycles. The molecule has 3 nitrogen and oxygen atoms in total. The summed E-state index contributed by atoms with van der Waals surface area (Å²) in [6.07, 6.45) is 1.69. The highest BCUT2D eigenvalue weighted by atomic mass is 19.1. The fourth-order valence-corrected chi connectivity index (χ4v) is 2.43. The van der Waals surface area contributed by atoms with E-state index in [1.807, 2.05) is 12.1 Å². The number of rotatable bonds is 3. The van der Waals surface area contributed by atoms with Gasteiger partial charge in [0.05, 0.1) is 0 Å². The molecule has 0 bridgehead atoms. The molecule has 0 atom stereocenters. The van der Waals surface area contributed by atoms with E-state index in [2.05, 4.69) is 5.32 Å². The minimum absolute atomic E-state index is 0.0389. The topological polar surface area (TPSA) is 38.3 Å². The summed E-state index contributed by atoms with van der Waals surface area (Å²) < 4.78 is 18.4. The van der Waals surface area contributed by atoms with Gasteiger partial charge in [-0.05, 0) is 30.5 Å². The van der Waals surface area contributed by atoms with Crippen LogP contribution in [0.2, 0.25) is 0 Å². The summed E-state index contributed by atoms with van der Waals surface area (Å²) in [7, 11) is 0. The van der Waals surface area contributed by atoms with Crippen molar-refractivity contribution in [2.45, 2.75) is 25.2 Å². The first kappa shape index (κ1) is 13.0. The van der Waals surface area contributed by atoms with Gasteiger partial charge >= 0.3 is 0 Å². The van der Waals surface area contributed by atoms with Crippen LogP contribution in [0.25, 0.3) is 0 Å². The Balaban J connectivity index is 2.22. The SMILES string of the molecule is CC(=O)NCC1(c2ccc(F)cc2)CCOCC1. The van der Waals surface area contributed by atoms with Crippen LogP contribution in [0.3, 0.4) is 0 Å². The minimum Gasteiger partial charge on any atom is -0.381 e. The molecule has 1 N–H and O–H groups in total. The predicted octanol–water partition coefficient (Wildman–Crippen LogP) is 2.01. The highest BCUT2D eigenvalue weighted by molar-refractivity contribution is 5.73. The number of benzene rings is 1. The molecule has 1 amide bonds. The first-order valence-corrected chi connectivity index (χ1v) is 6.21. The van der Waals surface area contributed by atoms with Crippen molar-refractivity contribution in [1.82, 2.24) is 5.32 Å². The number of ether oxygens (including phenoxy) is 1. The second-order valence-corrected chi connectivity index (χ2v) is 4.81. The van der Waals surface area contributed by atoms with Crippen LogP contribution in [0, 0.1) is 5.82 Å². The van der Waals surface area contributed by atoms with Gasteiger partial charge in [0, 0.05) is 32.1 Å². The van der Waals surface area contributed by atoms with Gasteiger partial charge in [-0.2, -0.15) is 0 Å². The van der Waals surface area contributed by atoms with Crippen molar-refractivity contribution in [3.63, 3.8) is 0 Å². The Kier molecular flexibility index (Phi) is 3.97. The number of hydrogen-bond acceptors (Lipinski definition) is 2. The molecule has 0 saturated carbocycles. The number of carbonyl (C=O) groups excluding carboxylic acids is 1. The van der Waals surface area contributed by atoms with E-state index < -0.39 is 0 Å². The van der Waals surface area contributed by atoms with E-state index in [-0.39, 0.29) is 17.1 Å². The van der Waals surface area contributed by atoms with Gasteiger partial charge in [0.2, 0.25) is 5.91 Å². The maximum absolute atomic E-state index is 13.0. The summed E-state index contributed by atoms with van der Waals surface area (Å²) in [6, 6.07) is 6.56. The Morgan fingerprint density at radius 2 is 1.94 bits per heavy atom. The summed E-state index contributed by atoms with van der Waals surface area (Å²) in [5, 5.41) is 2.88. The lowest BCUT2D eigenvalue weighted by Crippen LogP contribution is -2.44. The molecule has 1 aromatic carbocycles. The van der Waals surface area contributed by atoms with Gasteiger partial charge < -0.3 is 10.1 Å². The van der Waals surface area contributed by atoms with Crippen LogP contribution in [0.1, 0.15) is 25.3 Å². The van der Waals surface area contributed by atoms with Crippen molar-refractivity contribution in [3.8, 4) is 0 Å². The molecule has 0 radical (unpaired) electrons. The average Bonchev–Trinajstić information content (AvgIpc) is 2.38. The highest BCUT2D eigenvalue weighted by Crippen LogP contribution is 2.34. The average molecular weight is 251 g/mol. The summed E-state index contributed by atoms with van der Waals surface area (Å²) in [5.74, 6) is -0.275. The zero-order chi connectivity index (χ0) is 13.0. The maximum atomic E-state index is 13.0. The fraction of sp³-hybridized carbons (Fsp3) is 0.500. The van der Waals surface area contributed by atoms with Gasteiger partial charge in [0.1, 0.15) is 5.82 Å². The van der Waals surface area contributed by atoms with Crippen molar-refractivity contribution < 1.29 is 13.9 Å². The molecule has 0 aliphatic carbocycles. The highest BCUT2D eigenvalue weighted by Gasteiger charge is 2.34. The Labute approximate surface area is 106 Å². The van der Waals surface area contributed by atoms with Crippen LogP contribution < -0.4 is 5.32 Å². The zero-order valence-corrected chi connectivity index (χ0v) is 10.5. The number of carbonyl (C=O) groups is 1. The van der Waals surface area contributed by atoms with Crippen LogP contribution in [0.4, 0.5) is 4.39 Å². The lowest BCUT2D eigenvalue weighted by atomic mass is 9.74. The summed E-state index contributed by atoms with van der Waals surface area (Å²) in [4.78, 5) is 11.1. The van der Waals surface area contributed by atoms with E-state index in [4.69, 9.17) is 4.74 Å². The van der Waals surface area contributed by atoms with Gasteiger partial charge in [-0.25, -0.2) is 4.39 Å². The van der Waals surface area contributed by atoms with Gasteiger partial charge in [0.15, 0.2) is 0 Å². The third kappa shape index (κ3) is 2.88. The van der Waals surface area contributed by atoms with Crippen LogP contribution in [-0.4, -0.2) is 25.7 Å². The van der Waals surface area contributed by atoms with Crippen molar-refractivity contribution in [3.05, 3.63) is 35.6 Å². The molecule has 0 aromatic heterocycles. The van der Waals surface area contributed by atoms with Crippen LogP contribution in [0.15, 0.2) is 24.3 Å². The second-order valence-electron chi connectivity index (χ2n) is 4.81. The molecule has 1 heterocycles. The molecule has 98 valence electrons. The molecule has 1 fully saturated rings. The molecular formula is C14H18FNO2.